The van der Waals surface area contributed by atoms with Crippen LogP contribution in [0.2, 0.25) is 0 Å². The first-order valence-electron chi connectivity index (χ1n) is 10.00. The summed E-state index contributed by atoms with van der Waals surface area (Å²) in [5.41, 5.74) is 0.631. The van der Waals surface area contributed by atoms with Crippen molar-refractivity contribution in [3.8, 4) is 11.5 Å². The Bertz CT molecular complexity index is 537. The highest BCUT2D eigenvalue weighted by Crippen LogP contribution is 2.25. The van der Waals surface area contributed by atoms with Crippen LogP contribution in [0.5, 0.6) is 11.5 Å². The van der Waals surface area contributed by atoms with Crippen molar-refractivity contribution in [2.24, 2.45) is 0 Å². The molecule has 1 aromatic rings. The summed E-state index contributed by atoms with van der Waals surface area (Å²) in [6, 6.07) is 4.39. The zero-order chi connectivity index (χ0) is 19.0. The zero-order valence-electron chi connectivity index (χ0n) is 16.1. The highest BCUT2D eigenvalue weighted by molar-refractivity contribution is 5.87. The lowest BCUT2D eigenvalue weighted by atomic mass is 10.1. The Morgan fingerprint density at radius 1 is 0.885 bits per heavy atom. The van der Waals surface area contributed by atoms with Crippen molar-refractivity contribution in [1.82, 2.24) is 0 Å². The normalized spacial score (nSPS) is 11.1. The van der Waals surface area contributed by atoms with Crippen LogP contribution in [0.25, 0.3) is 6.08 Å². The number of carbonyl (C=O) groups excluding carboxylic acids is 1. The lowest BCUT2D eigenvalue weighted by Gasteiger charge is -2.03. The Labute approximate surface area is 157 Å². The lowest BCUT2D eigenvalue weighted by molar-refractivity contribution is -0.137. The number of rotatable bonds is 14. The minimum absolute atomic E-state index is 0.179. The quantitative estimate of drug-likeness (QED) is 0.185. The van der Waals surface area contributed by atoms with Crippen LogP contribution in [0.1, 0.15) is 83.1 Å². The fourth-order valence-electron chi connectivity index (χ4n) is 2.80. The molecule has 0 aliphatic carbocycles. The van der Waals surface area contributed by atoms with Gasteiger partial charge in [0.2, 0.25) is 0 Å². The number of unbranched alkanes of at least 4 members (excludes halogenated alkanes) is 10. The first-order valence-corrected chi connectivity index (χ1v) is 10.00. The predicted octanol–water partition coefficient (Wildman–Crippen LogP) is 5.97. The van der Waals surface area contributed by atoms with Gasteiger partial charge in [0.05, 0.1) is 6.61 Å². The summed E-state index contributed by atoms with van der Waals surface area (Å²) in [6.45, 7) is 2.69. The van der Waals surface area contributed by atoms with E-state index in [0.717, 1.165) is 12.8 Å². The first-order chi connectivity index (χ1) is 12.6. The molecular weight excluding hydrogens is 328 g/mol. The molecule has 4 nitrogen and oxygen atoms in total. The Morgan fingerprint density at radius 3 is 2.04 bits per heavy atom. The van der Waals surface area contributed by atoms with E-state index >= 15 is 0 Å². The monoisotopic (exact) mass is 362 g/mol. The molecule has 0 fully saturated rings. The van der Waals surface area contributed by atoms with Crippen LogP contribution in [0.15, 0.2) is 24.3 Å². The number of phenolic OH excluding ortho intramolecular Hbond substituents is 2. The number of aromatic hydroxyl groups is 2. The highest BCUT2D eigenvalue weighted by Gasteiger charge is 2.00. The van der Waals surface area contributed by atoms with E-state index in [4.69, 9.17) is 4.74 Å². The number of hydrogen-bond donors (Lipinski definition) is 2. The Kier molecular flexibility index (Phi) is 12.1. The van der Waals surface area contributed by atoms with Gasteiger partial charge < -0.3 is 14.9 Å². The van der Waals surface area contributed by atoms with Gasteiger partial charge in [-0.2, -0.15) is 0 Å². The molecule has 0 aromatic heterocycles. The maximum Gasteiger partial charge on any atom is 0.330 e. The number of benzene rings is 1. The number of phenols is 2. The zero-order valence-corrected chi connectivity index (χ0v) is 16.1. The molecule has 146 valence electrons. The third-order valence-corrected chi connectivity index (χ3v) is 4.40. The van der Waals surface area contributed by atoms with Crippen LogP contribution < -0.4 is 0 Å². The number of hydrogen-bond acceptors (Lipinski definition) is 4. The van der Waals surface area contributed by atoms with Crippen LogP contribution in [0.3, 0.4) is 0 Å². The molecule has 0 aliphatic heterocycles. The molecule has 0 radical (unpaired) electrons. The summed E-state index contributed by atoms with van der Waals surface area (Å²) >= 11 is 0. The summed E-state index contributed by atoms with van der Waals surface area (Å²) in [5.74, 6) is -0.771. The molecule has 2 N–H and O–H groups in total. The summed E-state index contributed by atoms with van der Waals surface area (Å²) in [4.78, 5) is 11.6. The second-order valence-electron chi connectivity index (χ2n) is 6.78. The molecule has 0 saturated heterocycles. The van der Waals surface area contributed by atoms with Crippen molar-refractivity contribution in [2.75, 3.05) is 6.61 Å². The average Bonchev–Trinajstić information content (AvgIpc) is 2.63. The van der Waals surface area contributed by atoms with E-state index in [2.05, 4.69) is 6.92 Å². The topological polar surface area (TPSA) is 66.8 Å². The van der Waals surface area contributed by atoms with Crippen LogP contribution in [0, 0.1) is 0 Å². The average molecular weight is 363 g/mol. The molecule has 0 bridgehead atoms. The summed E-state index contributed by atoms with van der Waals surface area (Å²) < 4.78 is 5.16. The fourth-order valence-corrected chi connectivity index (χ4v) is 2.80. The number of carbonyl (C=O) groups is 1. The van der Waals surface area contributed by atoms with E-state index in [1.807, 2.05) is 0 Å². The van der Waals surface area contributed by atoms with Gasteiger partial charge in [-0.05, 0) is 30.2 Å². The summed E-state index contributed by atoms with van der Waals surface area (Å²) in [6.07, 6.45) is 16.8. The Balaban J connectivity index is 1.98. The van der Waals surface area contributed by atoms with E-state index in [-0.39, 0.29) is 17.5 Å². The van der Waals surface area contributed by atoms with Gasteiger partial charge in [0.25, 0.3) is 0 Å². The molecule has 1 aromatic carbocycles. The van der Waals surface area contributed by atoms with Gasteiger partial charge in [-0.15, -0.1) is 0 Å². The summed E-state index contributed by atoms with van der Waals surface area (Å²) in [5, 5.41) is 18.6. The van der Waals surface area contributed by atoms with Gasteiger partial charge in [-0.25, -0.2) is 4.79 Å². The van der Waals surface area contributed by atoms with Gasteiger partial charge in [-0.1, -0.05) is 77.2 Å². The Morgan fingerprint density at radius 2 is 1.46 bits per heavy atom. The Hall–Kier alpha value is -1.97. The highest BCUT2D eigenvalue weighted by atomic mass is 16.5. The van der Waals surface area contributed by atoms with E-state index in [1.165, 1.54) is 76.0 Å². The molecule has 26 heavy (non-hydrogen) atoms. The standard InChI is InChI=1S/C22H34O4/c1-2-3-4-5-6-7-8-9-10-11-12-17-26-22(25)16-14-19-13-15-20(23)21(24)18-19/h13-16,18,23-24H,2-12,17H2,1H3/b16-14+. The van der Waals surface area contributed by atoms with Crippen molar-refractivity contribution in [1.29, 1.82) is 0 Å². The van der Waals surface area contributed by atoms with Crippen LogP contribution in [0.4, 0.5) is 0 Å². The van der Waals surface area contributed by atoms with Crippen molar-refractivity contribution < 1.29 is 19.7 Å². The fraction of sp³-hybridized carbons (Fsp3) is 0.591. The maximum atomic E-state index is 11.6. The minimum Gasteiger partial charge on any atom is -0.504 e. The lowest BCUT2D eigenvalue weighted by Crippen LogP contribution is -2.02. The third kappa shape index (κ3) is 10.8. The van der Waals surface area contributed by atoms with E-state index in [9.17, 15) is 15.0 Å². The molecule has 0 spiro atoms. The maximum absolute atomic E-state index is 11.6. The van der Waals surface area contributed by atoms with Crippen LogP contribution >= 0.6 is 0 Å². The van der Waals surface area contributed by atoms with Crippen LogP contribution in [-0.2, 0) is 9.53 Å². The molecule has 0 aliphatic rings. The minimum atomic E-state index is -0.385. The van der Waals surface area contributed by atoms with E-state index in [0.29, 0.717) is 12.2 Å². The van der Waals surface area contributed by atoms with Gasteiger partial charge >= 0.3 is 5.97 Å². The second kappa shape index (κ2) is 14.2. The van der Waals surface area contributed by atoms with Crippen molar-refractivity contribution in [3.63, 3.8) is 0 Å². The van der Waals surface area contributed by atoms with Crippen LogP contribution in [-0.4, -0.2) is 22.8 Å². The number of ether oxygens (including phenoxy) is 1. The van der Waals surface area contributed by atoms with Crippen molar-refractivity contribution in [3.05, 3.63) is 29.8 Å². The van der Waals surface area contributed by atoms with Gasteiger partial charge in [0.1, 0.15) is 0 Å². The molecule has 0 unspecified atom stereocenters. The largest absolute Gasteiger partial charge is 0.504 e. The van der Waals surface area contributed by atoms with Crippen molar-refractivity contribution in [2.45, 2.75) is 77.6 Å². The first kappa shape index (κ1) is 22.1. The van der Waals surface area contributed by atoms with Gasteiger partial charge in [0.15, 0.2) is 11.5 Å². The smallest absolute Gasteiger partial charge is 0.330 e. The summed E-state index contributed by atoms with van der Waals surface area (Å²) in [7, 11) is 0. The van der Waals surface area contributed by atoms with Gasteiger partial charge in [0, 0.05) is 6.08 Å². The predicted molar refractivity (Wildman–Crippen MR) is 106 cm³/mol. The van der Waals surface area contributed by atoms with Crippen molar-refractivity contribution >= 4 is 12.0 Å². The molecular formula is C22H34O4. The SMILES string of the molecule is CCCCCCCCCCCCCOC(=O)/C=C/c1ccc(O)c(O)c1. The second-order valence-corrected chi connectivity index (χ2v) is 6.78. The van der Waals surface area contributed by atoms with Gasteiger partial charge in [-0.3, -0.25) is 0 Å². The van der Waals surface area contributed by atoms with E-state index < -0.39 is 0 Å². The molecule has 0 heterocycles. The third-order valence-electron chi connectivity index (χ3n) is 4.40. The molecule has 0 atom stereocenters. The molecule has 0 saturated carbocycles. The number of esters is 1. The molecule has 0 amide bonds. The molecule has 4 heteroatoms. The molecule has 1 rings (SSSR count). The van der Waals surface area contributed by atoms with E-state index in [1.54, 1.807) is 12.1 Å².